The first-order valence-electron chi connectivity index (χ1n) is 5.15. The van der Waals surface area contributed by atoms with E-state index in [9.17, 15) is 4.79 Å². The molecule has 0 fully saturated rings. The minimum absolute atomic E-state index is 0.00545. The summed E-state index contributed by atoms with van der Waals surface area (Å²) in [6.45, 7) is 7.71. The Labute approximate surface area is 92.7 Å². The third kappa shape index (κ3) is 5.50. The van der Waals surface area contributed by atoms with Crippen LogP contribution in [0.3, 0.4) is 0 Å². The topological polar surface area (TPSA) is 32.3 Å². The van der Waals surface area contributed by atoms with Crippen molar-refractivity contribution in [3.8, 4) is 0 Å². The summed E-state index contributed by atoms with van der Waals surface area (Å²) in [5, 5.41) is 2.62. The third-order valence-corrected chi connectivity index (χ3v) is 2.72. The highest BCUT2D eigenvalue weighted by atomic mass is 32.1. The van der Waals surface area contributed by atoms with E-state index in [0.29, 0.717) is 12.6 Å². The van der Waals surface area contributed by atoms with Crippen molar-refractivity contribution in [1.29, 1.82) is 0 Å². The van der Waals surface area contributed by atoms with E-state index in [1.807, 2.05) is 0 Å². The first-order chi connectivity index (χ1) is 6.49. The molecule has 1 N–H and O–H groups in total. The Bertz CT molecular complexity index is 174. The molecular weight excluding hydrogens is 196 g/mol. The normalized spacial score (nSPS) is 15.3. The summed E-state index contributed by atoms with van der Waals surface area (Å²) >= 11 is 4.05. The number of rotatable bonds is 6. The molecule has 0 aliphatic heterocycles. The van der Waals surface area contributed by atoms with Gasteiger partial charge in [-0.05, 0) is 27.3 Å². The second-order valence-electron chi connectivity index (χ2n) is 3.70. The predicted molar refractivity (Wildman–Crippen MR) is 63.8 cm³/mol. The van der Waals surface area contributed by atoms with E-state index in [-0.39, 0.29) is 11.2 Å². The van der Waals surface area contributed by atoms with Crippen molar-refractivity contribution in [3.05, 3.63) is 0 Å². The summed E-state index contributed by atoms with van der Waals surface area (Å²) in [5.41, 5.74) is 0. The minimum Gasteiger partial charge on any atom is -0.354 e. The Balaban J connectivity index is 3.59. The quantitative estimate of drug-likeness (QED) is 0.656. The number of hydrogen-bond donors (Lipinski definition) is 2. The Morgan fingerprint density at radius 3 is 2.50 bits per heavy atom. The molecule has 3 nitrogen and oxygen atoms in total. The van der Waals surface area contributed by atoms with E-state index in [4.69, 9.17) is 0 Å². The van der Waals surface area contributed by atoms with E-state index >= 15 is 0 Å². The number of carbonyl (C=O) groups is 1. The number of likely N-dealkylation sites (N-methyl/N-ethyl adjacent to an activating group) is 1. The lowest BCUT2D eigenvalue weighted by molar-refractivity contribution is -0.120. The van der Waals surface area contributed by atoms with Crippen LogP contribution in [0.15, 0.2) is 0 Å². The first-order valence-corrected chi connectivity index (χ1v) is 5.66. The van der Waals surface area contributed by atoms with Gasteiger partial charge >= 0.3 is 0 Å². The van der Waals surface area contributed by atoms with Gasteiger partial charge in [0.15, 0.2) is 0 Å². The maximum absolute atomic E-state index is 11.2. The van der Waals surface area contributed by atoms with Crippen LogP contribution in [-0.2, 0) is 4.79 Å². The number of nitrogens with one attached hydrogen (secondary N) is 1. The summed E-state index contributed by atoms with van der Waals surface area (Å²) in [5.74, 6) is 0.00545. The summed E-state index contributed by atoms with van der Waals surface area (Å²) in [4.78, 5) is 13.4. The van der Waals surface area contributed by atoms with Gasteiger partial charge in [-0.15, -0.1) is 0 Å². The fourth-order valence-electron chi connectivity index (χ4n) is 1.04. The lowest BCUT2D eigenvalue weighted by atomic mass is 10.2. The Kier molecular flexibility index (Phi) is 7.01. The number of amides is 1. The van der Waals surface area contributed by atoms with Crippen molar-refractivity contribution in [3.63, 3.8) is 0 Å². The highest BCUT2D eigenvalue weighted by Gasteiger charge is 2.09. The van der Waals surface area contributed by atoms with E-state index in [0.717, 1.165) is 13.0 Å². The second-order valence-corrected chi connectivity index (χ2v) is 4.48. The molecule has 0 aromatic carbocycles. The van der Waals surface area contributed by atoms with E-state index in [1.165, 1.54) is 0 Å². The van der Waals surface area contributed by atoms with Crippen LogP contribution >= 0.6 is 12.6 Å². The molecule has 4 heteroatoms. The van der Waals surface area contributed by atoms with Gasteiger partial charge < -0.3 is 10.2 Å². The number of nitrogens with zero attached hydrogens (tertiary/aromatic N) is 1. The number of thiol groups is 1. The molecule has 0 saturated heterocycles. The SMILES string of the molecule is CCC(C)N(C)CCNC(=O)C(C)S. The molecule has 0 aromatic heterocycles. The standard InChI is InChI=1S/C10H22N2OS/c1-5-8(2)12(4)7-6-11-10(13)9(3)14/h8-9,14H,5-7H2,1-4H3,(H,11,13). The molecular formula is C10H22N2OS. The molecule has 14 heavy (non-hydrogen) atoms. The summed E-state index contributed by atoms with van der Waals surface area (Å²) in [6.07, 6.45) is 1.13. The molecule has 0 aromatic rings. The molecule has 0 radical (unpaired) electrons. The lowest BCUT2D eigenvalue weighted by Gasteiger charge is -2.23. The lowest BCUT2D eigenvalue weighted by Crippen LogP contribution is -2.38. The van der Waals surface area contributed by atoms with E-state index in [2.05, 4.69) is 43.7 Å². The van der Waals surface area contributed by atoms with Crippen LogP contribution in [0.1, 0.15) is 27.2 Å². The smallest absolute Gasteiger partial charge is 0.232 e. The van der Waals surface area contributed by atoms with Crippen LogP contribution in [0.5, 0.6) is 0 Å². The van der Waals surface area contributed by atoms with Crippen LogP contribution in [-0.4, -0.2) is 42.2 Å². The van der Waals surface area contributed by atoms with Crippen LogP contribution in [0.4, 0.5) is 0 Å². The summed E-state index contributed by atoms with van der Waals surface area (Å²) < 4.78 is 0. The molecule has 2 atom stereocenters. The number of carbonyl (C=O) groups excluding carboxylic acids is 1. The summed E-state index contributed by atoms with van der Waals surface area (Å²) in [6, 6.07) is 0.570. The third-order valence-electron chi connectivity index (χ3n) is 2.49. The molecule has 84 valence electrons. The molecule has 0 bridgehead atoms. The van der Waals surface area contributed by atoms with Gasteiger partial charge in [0.1, 0.15) is 0 Å². The molecule has 0 heterocycles. The van der Waals surface area contributed by atoms with E-state index < -0.39 is 0 Å². The molecule has 0 aliphatic rings. The monoisotopic (exact) mass is 218 g/mol. The molecule has 1 amide bonds. The van der Waals surface area contributed by atoms with Gasteiger partial charge in [0.2, 0.25) is 5.91 Å². The fraction of sp³-hybridized carbons (Fsp3) is 0.900. The molecule has 0 saturated carbocycles. The van der Waals surface area contributed by atoms with Gasteiger partial charge in [-0.1, -0.05) is 6.92 Å². The zero-order valence-corrected chi connectivity index (χ0v) is 10.5. The molecule has 0 rings (SSSR count). The Hall–Kier alpha value is -0.220. The van der Waals surface area contributed by atoms with Gasteiger partial charge in [-0.3, -0.25) is 4.79 Å². The average Bonchev–Trinajstić information content (AvgIpc) is 2.15. The van der Waals surface area contributed by atoms with Gasteiger partial charge in [-0.25, -0.2) is 0 Å². The number of hydrogen-bond acceptors (Lipinski definition) is 3. The fourth-order valence-corrected chi connectivity index (χ4v) is 1.13. The van der Waals surface area contributed by atoms with Crippen LogP contribution < -0.4 is 5.32 Å². The Morgan fingerprint density at radius 1 is 1.50 bits per heavy atom. The van der Waals surface area contributed by atoms with Gasteiger partial charge in [0, 0.05) is 19.1 Å². The van der Waals surface area contributed by atoms with Crippen molar-refractivity contribution in [1.82, 2.24) is 10.2 Å². The van der Waals surface area contributed by atoms with Crippen molar-refractivity contribution >= 4 is 18.5 Å². The predicted octanol–water partition coefficient (Wildman–Crippen LogP) is 1.15. The van der Waals surface area contributed by atoms with Crippen molar-refractivity contribution in [2.45, 2.75) is 38.5 Å². The average molecular weight is 218 g/mol. The minimum atomic E-state index is -0.219. The van der Waals surface area contributed by atoms with Crippen LogP contribution in [0.25, 0.3) is 0 Å². The molecule has 0 aliphatic carbocycles. The molecule has 2 unspecified atom stereocenters. The van der Waals surface area contributed by atoms with E-state index in [1.54, 1.807) is 6.92 Å². The summed E-state index contributed by atoms with van der Waals surface area (Å²) in [7, 11) is 2.07. The maximum Gasteiger partial charge on any atom is 0.232 e. The van der Waals surface area contributed by atoms with Gasteiger partial charge in [0.25, 0.3) is 0 Å². The first kappa shape index (κ1) is 13.8. The van der Waals surface area contributed by atoms with Gasteiger partial charge in [-0.2, -0.15) is 12.6 Å². The van der Waals surface area contributed by atoms with Crippen LogP contribution in [0, 0.1) is 0 Å². The highest BCUT2D eigenvalue weighted by molar-refractivity contribution is 7.81. The van der Waals surface area contributed by atoms with Crippen molar-refractivity contribution in [2.24, 2.45) is 0 Å². The van der Waals surface area contributed by atoms with Crippen molar-refractivity contribution in [2.75, 3.05) is 20.1 Å². The Morgan fingerprint density at radius 2 is 2.07 bits per heavy atom. The highest BCUT2D eigenvalue weighted by Crippen LogP contribution is 1.98. The zero-order chi connectivity index (χ0) is 11.1. The van der Waals surface area contributed by atoms with Crippen molar-refractivity contribution < 1.29 is 4.79 Å². The maximum atomic E-state index is 11.2. The largest absolute Gasteiger partial charge is 0.354 e. The van der Waals surface area contributed by atoms with Gasteiger partial charge in [0.05, 0.1) is 5.25 Å². The second kappa shape index (κ2) is 7.12. The molecule has 0 spiro atoms. The zero-order valence-electron chi connectivity index (χ0n) is 9.58. The van der Waals surface area contributed by atoms with Crippen LogP contribution in [0.2, 0.25) is 0 Å².